The van der Waals surface area contributed by atoms with Crippen LogP contribution in [0.5, 0.6) is 5.75 Å². The second kappa shape index (κ2) is 9.56. The number of piperidine rings is 1. The van der Waals surface area contributed by atoms with Crippen LogP contribution in [0.25, 0.3) is 0 Å². The van der Waals surface area contributed by atoms with Gasteiger partial charge in [-0.15, -0.1) is 0 Å². The van der Waals surface area contributed by atoms with E-state index in [1.807, 2.05) is 28.0 Å². The number of carbonyl (C=O) groups excluding carboxylic acids is 2. The normalized spacial score (nSPS) is 24.6. The van der Waals surface area contributed by atoms with Crippen LogP contribution in [0, 0.1) is 11.3 Å². The molecule has 0 unspecified atom stereocenters. The zero-order valence-corrected chi connectivity index (χ0v) is 18.2. The van der Waals surface area contributed by atoms with Gasteiger partial charge in [-0.05, 0) is 49.8 Å². The lowest BCUT2D eigenvalue weighted by molar-refractivity contribution is -0.144. The summed E-state index contributed by atoms with van der Waals surface area (Å²) < 4.78 is 11.5. The molecule has 0 spiro atoms. The van der Waals surface area contributed by atoms with Crippen LogP contribution in [0.4, 0.5) is 0 Å². The molecule has 2 amide bonds. The highest BCUT2D eigenvalue weighted by Crippen LogP contribution is 2.38. The molecule has 1 atom stereocenters. The molecule has 2 aliphatic heterocycles. The zero-order chi connectivity index (χ0) is 21.0. The van der Waals surface area contributed by atoms with Gasteiger partial charge in [0.05, 0.1) is 19.8 Å². The Morgan fingerprint density at radius 3 is 2.67 bits per heavy atom. The molecule has 1 saturated carbocycles. The number of rotatable bonds is 7. The minimum atomic E-state index is -0.380. The van der Waals surface area contributed by atoms with Crippen LogP contribution >= 0.6 is 11.6 Å². The number of amides is 2. The van der Waals surface area contributed by atoms with Crippen molar-refractivity contribution in [2.24, 2.45) is 11.3 Å². The first-order chi connectivity index (χ1) is 14.5. The summed E-state index contributed by atoms with van der Waals surface area (Å²) in [5, 5.41) is 0.621. The molecule has 1 aliphatic carbocycles. The van der Waals surface area contributed by atoms with E-state index in [0.717, 1.165) is 32.2 Å². The molecule has 2 saturated heterocycles. The summed E-state index contributed by atoms with van der Waals surface area (Å²) in [4.78, 5) is 29.7. The third-order valence-corrected chi connectivity index (χ3v) is 6.64. The molecule has 0 N–H and O–H groups in total. The summed E-state index contributed by atoms with van der Waals surface area (Å²) in [6, 6.07) is 7.33. The van der Waals surface area contributed by atoms with Crippen LogP contribution in [0.2, 0.25) is 5.02 Å². The van der Waals surface area contributed by atoms with Crippen LogP contribution in [0.1, 0.15) is 38.5 Å². The summed E-state index contributed by atoms with van der Waals surface area (Å²) in [6.07, 6.45) is 5.13. The lowest BCUT2D eigenvalue weighted by atomic mass is 9.77. The minimum absolute atomic E-state index is 0.129. The molecule has 2 heterocycles. The third-order valence-electron chi connectivity index (χ3n) is 6.41. The Kier molecular flexibility index (Phi) is 6.84. The smallest absolute Gasteiger partial charge is 0.223 e. The van der Waals surface area contributed by atoms with Gasteiger partial charge in [-0.25, -0.2) is 0 Å². The van der Waals surface area contributed by atoms with Crippen LogP contribution in [-0.4, -0.2) is 67.6 Å². The van der Waals surface area contributed by atoms with Crippen molar-refractivity contribution in [1.29, 1.82) is 0 Å². The van der Waals surface area contributed by atoms with Crippen molar-refractivity contribution in [2.75, 3.05) is 46.0 Å². The van der Waals surface area contributed by atoms with Crippen LogP contribution in [0.15, 0.2) is 24.3 Å². The number of likely N-dealkylation sites (tertiary alicyclic amines) is 1. The van der Waals surface area contributed by atoms with Crippen molar-refractivity contribution >= 4 is 23.4 Å². The lowest BCUT2D eigenvalue weighted by Crippen LogP contribution is -2.52. The van der Waals surface area contributed by atoms with Gasteiger partial charge >= 0.3 is 0 Å². The van der Waals surface area contributed by atoms with Gasteiger partial charge in [0.15, 0.2) is 0 Å². The first-order valence-corrected chi connectivity index (χ1v) is 11.4. The van der Waals surface area contributed by atoms with Gasteiger partial charge in [0.25, 0.3) is 0 Å². The maximum atomic E-state index is 13.1. The van der Waals surface area contributed by atoms with Gasteiger partial charge in [-0.1, -0.05) is 17.7 Å². The molecule has 1 aromatic rings. The van der Waals surface area contributed by atoms with Crippen molar-refractivity contribution < 1.29 is 19.1 Å². The van der Waals surface area contributed by atoms with E-state index in [2.05, 4.69) is 0 Å². The summed E-state index contributed by atoms with van der Waals surface area (Å²) >= 11 is 6.10. The van der Waals surface area contributed by atoms with Crippen molar-refractivity contribution in [3.8, 4) is 5.75 Å². The third kappa shape index (κ3) is 5.67. The molecular weight excluding hydrogens is 404 g/mol. The fraction of sp³-hybridized carbons (Fsp3) is 0.652. The zero-order valence-electron chi connectivity index (χ0n) is 17.5. The fourth-order valence-corrected chi connectivity index (χ4v) is 4.65. The number of benzene rings is 1. The molecule has 7 heteroatoms. The number of hydrogen-bond donors (Lipinski definition) is 0. The summed E-state index contributed by atoms with van der Waals surface area (Å²) in [6.45, 7) is 4.19. The number of nitrogens with zero attached hydrogens (tertiary/aromatic N) is 2. The van der Waals surface area contributed by atoms with Gasteiger partial charge in [-0.3, -0.25) is 9.59 Å². The molecule has 3 aliphatic rings. The molecule has 0 bridgehead atoms. The molecule has 6 nitrogen and oxygen atoms in total. The summed E-state index contributed by atoms with van der Waals surface area (Å²) in [7, 11) is 0. The maximum Gasteiger partial charge on any atom is 0.223 e. The van der Waals surface area contributed by atoms with Crippen molar-refractivity contribution in [2.45, 2.75) is 38.5 Å². The first kappa shape index (κ1) is 21.4. The Balaban J connectivity index is 1.47. The Labute approximate surface area is 183 Å². The van der Waals surface area contributed by atoms with Crippen LogP contribution in [-0.2, 0) is 14.3 Å². The quantitative estimate of drug-likeness (QED) is 0.660. The van der Waals surface area contributed by atoms with Gasteiger partial charge in [-0.2, -0.15) is 0 Å². The number of carbonyl (C=O) groups is 2. The molecule has 0 radical (unpaired) electrons. The largest absolute Gasteiger partial charge is 0.493 e. The SMILES string of the molecule is O=C(C[C@]1(COc2cccc(Cl)c2)CCCN(C(=O)CC2CC2)C1)N1CCOCC1. The second-order valence-electron chi connectivity index (χ2n) is 8.98. The Hall–Kier alpha value is -1.79. The van der Waals surface area contributed by atoms with Crippen LogP contribution < -0.4 is 4.74 Å². The van der Waals surface area contributed by atoms with E-state index in [1.54, 1.807) is 6.07 Å². The maximum absolute atomic E-state index is 13.1. The van der Waals surface area contributed by atoms with Gasteiger partial charge in [0.1, 0.15) is 5.75 Å². The first-order valence-electron chi connectivity index (χ1n) is 11.0. The molecule has 1 aromatic carbocycles. The van der Waals surface area contributed by atoms with E-state index >= 15 is 0 Å². The molecule has 164 valence electrons. The Morgan fingerprint density at radius 1 is 1.13 bits per heavy atom. The average Bonchev–Trinajstić information content (AvgIpc) is 3.57. The predicted molar refractivity (Wildman–Crippen MR) is 115 cm³/mol. The Bertz CT molecular complexity index is 763. The molecule has 0 aromatic heterocycles. The highest BCUT2D eigenvalue weighted by atomic mass is 35.5. The second-order valence-corrected chi connectivity index (χ2v) is 9.42. The van der Waals surface area contributed by atoms with Gasteiger partial charge in [0, 0.05) is 49.5 Å². The standard InChI is InChI=1S/C23H31ClN2O4/c24-19-3-1-4-20(14-19)30-17-23(15-22(28)25-9-11-29-12-10-25)7-2-8-26(16-23)21(27)13-18-5-6-18/h1,3-4,14,18H,2,5-13,15-17H2/t23-/m1/s1. The van der Waals surface area contributed by atoms with Crippen molar-refractivity contribution in [1.82, 2.24) is 9.80 Å². The number of morpholine rings is 1. The average molecular weight is 435 g/mol. The number of ether oxygens (including phenoxy) is 2. The van der Waals surface area contributed by atoms with Crippen molar-refractivity contribution in [3.05, 3.63) is 29.3 Å². The van der Waals surface area contributed by atoms with Gasteiger partial charge < -0.3 is 19.3 Å². The number of hydrogen-bond acceptors (Lipinski definition) is 4. The molecule has 3 fully saturated rings. The van der Waals surface area contributed by atoms with Gasteiger partial charge in [0.2, 0.25) is 11.8 Å². The topological polar surface area (TPSA) is 59.1 Å². The summed E-state index contributed by atoms with van der Waals surface area (Å²) in [5.74, 6) is 1.61. The molecule has 4 rings (SSSR count). The monoisotopic (exact) mass is 434 g/mol. The lowest BCUT2D eigenvalue weighted by Gasteiger charge is -2.43. The van der Waals surface area contributed by atoms with E-state index in [4.69, 9.17) is 21.1 Å². The van der Waals surface area contributed by atoms with Crippen LogP contribution in [0.3, 0.4) is 0 Å². The van der Waals surface area contributed by atoms with E-state index in [-0.39, 0.29) is 17.2 Å². The van der Waals surface area contributed by atoms with Crippen molar-refractivity contribution in [3.63, 3.8) is 0 Å². The molecule has 30 heavy (non-hydrogen) atoms. The summed E-state index contributed by atoms with van der Waals surface area (Å²) in [5.41, 5.74) is -0.380. The number of halogens is 1. The van der Waals surface area contributed by atoms with E-state index < -0.39 is 0 Å². The highest BCUT2D eigenvalue weighted by Gasteiger charge is 2.41. The van der Waals surface area contributed by atoms with E-state index in [9.17, 15) is 9.59 Å². The van der Waals surface area contributed by atoms with E-state index in [1.165, 1.54) is 0 Å². The Morgan fingerprint density at radius 2 is 1.93 bits per heavy atom. The minimum Gasteiger partial charge on any atom is -0.493 e. The van der Waals surface area contributed by atoms with E-state index in [0.29, 0.717) is 69.0 Å². The predicted octanol–water partition coefficient (Wildman–Crippen LogP) is 3.38. The molecular formula is C23H31ClN2O4. The fourth-order valence-electron chi connectivity index (χ4n) is 4.47. The highest BCUT2D eigenvalue weighted by molar-refractivity contribution is 6.30.